The Balaban J connectivity index is 1.58. The Hall–Kier alpha value is -4.13. The van der Waals surface area contributed by atoms with E-state index in [0.29, 0.717) is 16.8 Å². The molecule has 7 nitrogen and oxygen atoms in total. The van der Waals surface area contributed by atoms with E-state index in [-0.39, 0.29) is 5.56 Å². The zero-order valence-electron chi connectivity index (χ0n) is 16.4. The number of carbonyl (C=O) groups is 1. The minimum absolute atomic E-state index is 0.187. The van der Waals surface area contributed by atoms with E-state index in [1.807, 2.05) is 62.5 Å². The van der Waals surface area contributed by atoms with E-state index in [1.54, 1.807) is 4.68 Å². The first kappa shape index (κ1) is 17.9. The van der Waals surface area contributed by atoms with Crippen molar-refractivity contribution in [2.45, 2.75) is 6.92 Å². The normalized spacial score (nSPS) is 11.3. The molecule has 0 aliphatic rings. The minimum atomic E-state index is -0.997. The lowest BCUT2D eigenvalue weighted by Crippen LogP contribution is -1.98. The van der Waals surface area contributed by atoms with Crippen LogP contribution in [0.25, 0.3) is 33.3 Å². The summed E-state index contributed by atoms with van der Waals surface area (Å²) in [6.45, 7) is 2.03. The van der Waals surface area contributed by atoms with Crippen LogP contribution in [-0.2, 0) is 7.05 Å². The van der Waals surface area contributed by atoms with Gasteiger partial charge in [0.25, 0.3) is 0 Å². The molecule has 0 fully saturated rings. The maximum absolute atomic E-state index is 11.5. The number of aromatic carboxylic acids is 1. The summed E-state index contributed by atoms with van der Waals surface area (Å²) in [4.78, 5) is 19.0. The number of rotatable bonds is 4. The molecule has 0 bridgehead atoms. The first-order chi connectivity index (χ1) is 14.5. The van der Waals surface area contributed by atoms with Gasteiger partial charge in [0.1, 0.15) is 11.5 Å². The monoisotopic (exact) mass is 398 g/mol. The molecule has 0 radical (unpaired) electrons. The molecule has 0 saturated carbocycles. The quantitative estimate of drug-likeness (QED) is 0.448. The number of nitrogens with zero attached hydrogens (tertiary/aromatic N) is 3. The molecule has 148 valence electrons. The number of carboxylic acids is 1. The van der Waals surface area contributed by atoms with Crippen LogP contribution >= 0.6 is 0 Å². The summed E-state index contributed by atoms with van der Waals surface area (Å²) >= 11 is 0. The molecule has 0 unspecified atom stereocenters. The smallest absolute Gasteiger partial charge is 0.337 e. The lowest BCUT2D eigenvalue weighted by molar-refractivity contribution is 0.0698. The summed E-state index contributed by atoms with van der Waals surface area (Å²) in [5.41, 5.74) is 4.83. The van der Waals surface area contributed by atoms with Gasteiger partial charge >= 0.3 is 5.97 Å². The molecular formula is C23H18N4O3. The summed E-state index contributed by atoms with van der Waals surface area (Å²) in [6, 6.07) is 16.9. The number of pyridine rings is 1. The average Bonchev–Trinajstić information content (AvgIpc) is 3.28. The van der Waals surface area contributed by atoms with Crippen LogP contribution in [-0.4, -0.2) is 30.8 Å². The Morgan fingerprint density at radius 2 is 1.80 bits per heavy atom. The van der Waals surface area contributed by atoms with Gasteiger partial charge in [-0.2, -0.15) is 5.10 Å². The van der Waals surface area contributed by atoms with E-state index < -0.39 is 5.97 Å². The fraction of sp³-hybridized carbons (Fsp3) is 0.0870. The van der Waals surface area contributed by atoms with Crippen molar-refractivity contribution in [2.75, 3.05) is 0 Å². The van der Waals surface area contributed by atoms with Gasteiger partial charge < -0.3 is 14.8 Å². The van der Waals surface area contributed by atoms with Crippen LogP contribution in [0.4, 0.5) is 0 Å². The average molecular weight is 398 g/mol. The molecule has 30 heavy (non-hydrogen) atoms. The number of carboxylic acid groups (broad SMARTS) is 1. The largest absolute Gasteiger partial charge is 0.478 e. The van der Waals surface area contributed by atoms with Crippen LogP contribution in [0.2, 0.25) is 0 Å². The molecule has 3 heterocycles. The first-order valence-electron chi connectivity index (χ1n) is 9.42. The third kappa shape index (κ3) is 2.97. The van der Waals surface area contributed by atoms with Crippen LogP contribution < -0.4 is 4.74 Å². The van der Waals surface area contributed by atoms with Crippen molar-refractivity contribution in [1.29, 1.82) is 0 Å². The number of aryl methyl sites for hydroxylation is 2. The van der Waals surface area contributed by atoms with Crippen LogP contribution in [0, 0.1) is 6.92 Å². The number of hydrogen-bond acceptors (Lipinski definition) is 4. The number of aromatic amines is 1. The molecule has 0 atom stereocenters. The number of nitrogens with one attached hydrogen (secondary N) is 1. The van der Waals surface area contributed by atoms with E-state index in [4.69, 9.17) is 4.74 Å². The molecule has 3 aromatic heterocycles. The molecule has 7 heteroatoms. The SMILES string of the molecule is Cc1ccc(Oc2ccc3c(-c4cc5nccc(C(=O)O)c5[nH]4)n(C)nc3c2)cc1. The molecular weight excluding hydrogens is 380 g/mol. The molecule has 0 spiro atoms. The van der Waals surface area contributed by atoms with Gasteiger partial charge in [-0.25, -0.2) is 4.79 Å². The molecule has 5 aromatic rings. The Labute approximate surface area is 171 Å². The highest BCUT2D eigenvalue weighted by molar-refractivity contribution is 6.03. The Morgan fingerprint density at radius 1 is 1.03 bits per heavy atom. The predicted octanol–water partition coefficient (Wildman–Crippen LogP) is 4.92. The maximum Gasteiger partial charge on any atom is 0.337 e. The Bertz CT molecular complexity index is 1410. The molecule has 0 saturated heterocycles. The minimum Gasteiger partial charge on any atom is -0.478 e. The summed E-state index contributed by atoms with van der Waals surface area (Å²) in [7, 11) is 1.85. The van der Waals surface area contributed by atoms with Gasteiger partial charge in [-0.05, 0) is 43.3 Å². The highest BCUT2D eigenvalue weighted by Crippen LogP contribution is 2.33. The second-order valence-corrected chi connectivity index (χ2v) is 7.17. The van der Waals surface area contributed by atoms with Crippen LogP contribution in [0.5, 0.6) is 11.5 Å². The van der Waals surface area contributed by atoms with E-state index >= 15 is 0 Å². The van der Waals surface area contributed by atoms with Gasteiger partial charge in [0.05, 0.1) is 33.5 Å². The van der Waals surface area contributed by atoms with E-state index in [9.17, 15) is 9.90 Å². The summed E-state index contributed by atoms with van der Waals surface area (Å²) in [6.07, 6.45) is 1.50. The number of ether oxygens (including phenoxy) is 1. The topological polar surface area (TPSA) is 93.0 Å². The second kappa shape index (κ2) is 6.73. The zero-order chi connectivity index (χ0) is 20.8. The summed E-state index contributed by atoms with van der Waals surface area (Å²) in [5, 5.41) is 15.0. The van der Waals surface area contributed by atoms with Crippen LogP contribution in [0.1, 0.15) is 15.9 Å². The number of fused-ring (bicyclic) bond motifs is 2. The van der Waals surface area contributed by atoms with Crippen molar-refractivity contribution in [1.82, 2.24) is 19.7 Å². The van der Waals surface area contributed by atoms with Crippen molar-refractivity contribution in [3.63, 3.8) is 0 Å². The van der Waals surface area contributed by atoms with Crippen LogP contribution in [0.3, 0.4) is 0 Å². The molecule has 2 N–H and O–H groups in total. The molecule has 5 rings (SSSR count). The molecule has 0 amide bonds. The lowest BCUT2D eigenvalue weighted by Gasteiger charge is -2.06. The number of benzene rings is 2. The van der Waals surface area contributed by atoms with E-state index in [1.165, 1.54) is 17.8 Å². The van der Waals surface area contributed by atoms with Gasteiger partial charge in [0.15, 0.2) is 0 Å². The van der Waals surface area contributed by atoms with Gasteiger partial charge in [0.2, 0.25) is 0 Å². The summed E-state index contributed by atoms with van der Waals surface area (Å²) < 4.78 is 7.72. The standard InChI is InChI=1S/C23H18N4O3/c1-13-3-5-14(6-4-13)30-15-7-8-16-18(11-15)26-27(2)22(16)20-12-19-21(25-20)17(23(28)29)9-10-24-19/h3-12,25H,1-2H3,(H,28,29). The number of H-pyrrole nitrogens is 1. The van der Waals surface area contributed by atoms with Gasteiger partial charge in [-0.1, -0.05) is 17.7 Å². The third-order valence-electron chi connectivity index (χ3n) is 5.07. The molecule has 0 aliphatic heterocycles. The Kier molecular flexibility index (Phi) is 4.03. The number of aromatic nitrogens is 4. The van der Waals surface area contributed by atoms with Crippen molar-refractivity contribution in [3.8, 4) is 22.9 Å². The van der Waals surface area contributed by atoms with Crippen LogP contribution in [0.15, 0.2) is 60.8 Å². The predicted molar refractivity (Wildman–Crippen MR) is 114 cm³/mol. The van der Waals surface area contributed by atoms with Crippen molar-refractivity contribution in [2.24, 2.45) is 7.05 Å². The number of hydrogen-bond donors (Lipinski definition) is 2. The second-order valence-electron chi connectivity index (χ2n) is 7.17. The van der Waals surface area contributed by atoms with Crippen molar-refractivity contribution < 1.29 is 14.6 Å². The fourth-order valence-electron chi connectivity index (χ4n) is 3.64. The maximum atomic E-state index is 11.5. The molecule has 0 aliphatic carbocycles. The lowest BCUT2D eigenvalue weighted by atomic mass is 10.1. The van der Waals surface area contributed by atoms with Crippen molar-refractivity contribution in [3.05, 3.63) is 71.9 Å². The van der Waals surface area contributed by atoms with Crippen molar-refractivity contribution >= 4 is 27.9 Å². The van der Waals surface area contributed by atoms with Gasteiger partial charge in [-0.15, -0.1) is 0 Å². The zero-order valence-corrected chi connectivity index (χ0v) is 16.4. The highest BCUT2D eigenvalue weighted by atomic mass is 16.5. The highest BCUT2D eigenvalue weighted by Gasteiger charge is 2.17. The van der Waals surface area contributed by atoms with Gasteiger partial charge in [0, 0.05) is 24.7 Å². The molecule has 2 aromatic carbocycles. The Morgan fingerprint density at radius 3 is 2.57 bits per heavy atom. The summed E-state index contributed by atoms with van der Waals surface area (Å²) in [5.74, 6) is 0.463. The third-order valence-corrected chi connectivity index (χ3v) is 5.07. The first-order valence-corrected chi connectivity index (χ1v) is 9.42. The fourth-order valence-corrected chi connectivity index (χ4v) is 3.64. The van der Waals surface area contributed by atoms with E-state index in [0.717, 1.165) is 28.0 Å². The van der Waals surface area contributed by atoms with E-state index in [2.05, 4.69) is 15.1 Å². The van der Waals surface area contributed by atoms with Gasteiger partial charge in [-0.3, -0.25) is 9.67 Å².